The molecule has 154 valence electrons. The van der Waals surface area contributed by atoms with Crippen molar-refractivity contribution in [2.24, 2.45) is 0 Å². The highest BCUT2D eigenvalue weighted by Crippen LogP contribution is 2.33. The fourth-order valence-corrected chi connectivity index (χ4v) is 3.97. The van der Waals surface area contributed by atoms with Gasteiger partial charge >= 0.3 is 0 Å². The van der Waals surface area contributed by atoms with Crippen molar-refractivity contribution >= 4 is 63.1 Å². The van der Waals surface area contributed by atoms with E-state index in [9.17, 15) is 22.4 Å². The molecule has 2 aromatic rings. The molecule has 1 N–H and O–H groups in total. The number of halogens is 6. The van der Waals surface area contributed by atoms with Gasteiger partial charge in [-0.2, -0.15) is 0 Å². The molecule has 1 amide bonds. The van der Waals surface area contributed by atoms with Gasteiger partial charge in [0.1, 0.15) is 10.7 Å². The molecule has 3 rings (SSSR count). The molecule has 0 spiro atoms. The molecule has 0 atom stereocenters. The van der Waals surface area contributed by atoms with Crippen LogP contribution in [-0.2, 0) is 0 Å². The van der Waals surface area contributed by atoms with Gasteiger partial charge in [0.2, 0.25) is 0 Å². The number of amides is 1. The van der Waals surface area contributed by atoms with E-state index in [1.54, 1.807) is 29.2 Å². The normalized spacial score (nSPS) is 14.1. The van der Waals surface area contributed by atoms with Crippen LogP contribution in [0, 0.1) is 26.8 Å². The number of rotatable bonds is 2. The van der Waals surface area contributed by atoms with E-state index in [1.807, 2.05) is 22.6 Å². The average molecular weight is 558 g/mol. The SMILES string of the molecule is O=C(NC(=S)N1CCN(c2c(F)c(F)c(Cl)c(F)c2F)CC1)c1ccccc1I. The maximum Gasteiger partial charge on any atom is 0.258 e. The lowest BCUT2D eigenvalue weighted by Gasteiger charge is -2.37. The third-order valence-electron chi connectivity index (χ3n) is 4.41. The van der Waals surface area contributed by atoms with Crippen LogP contribution in [0.5, 0.6) is 0 Å². The summed E-state index contributed by atoms with van der Waals surface area (Å²) in [5.74, 6) is -6.73. The standard InChI is InChI=1S/C18H13ClF4IN3OS/c19-11-12(20)14(22)16(15(23)13(11)21)26-5-7-27(8-6-26)18(29)25-17(28)9-3-1-2-4-10(9)24/h1-4H,5-8H2,(H,25,28,29). The van der Waals surface area contributed by atoms with Crippen LogP contribution in [0.2, 0.25) is 5.02 Å². The number of piperazine rings is 1. The van der Waals surface area contributed by atoms with Crippen molar-refractivity contribution in [1.82, 2.24) is 10.2 Å². The first kappa shape index (κ1) is 22.0. The second kappa shape index (κ2) is 9.00. The van der Waals surface area contributed by atoms with E-state index >= 15 is 0 Å². The summed E-state index contributed by atoms with van der Waals surface area (Å²) in [6.45, 7) is 0.450. The Morgan fingerprint density at radius 2 is 1.55 bits per heavy atom. The Hall–Kier alpha value is -1.66. The van der Waals surface area contributed by atoms with Gasteiger partial charge < -0.3 is 9.80 Å². The Morgan fingerprint density at radius 3 is 2.10 bits per heavy atom. The number of thiocarbonyl (C=S) groups is 1. The number of carbonyl (C=O) groups excluding carboxylic acids is 1. The lowest BCUT2D eigenvalue weighted by molar-refractivity contribution is 0.0972. The van der Waals surface area contributed by atoms with Crippen LogP contribution in [0.25, 0.3) is 0 Å². The molecule has 1 saturated heterocycles. The smallest absolute Gasteiger partial charge is 0.258 e. The number of hydrogen-bond acceptors (Lipinski definition) is 3. The number of carbonyl (C=O) groups is 1. The number of benzene rings is 2. The van der Waals surface area contributed by atoms with Gasteiger partial charge in [0.25, 0.3) is 5.91 Å². The van der Waals surface area contributed by atoms with Crippen LogP contribution in [0.3, 0.4) is 0 Å². The van der Waals surface area contributed by atoms with E-state index < -0.39 is 34.0 Å². The third-order valence-corrected chi connectivity index (χ3v) is 6.04. The highest BCUT2D eigenvalue weighted by atomic mass is 127. The highest BCUT2D eigenvalue weighted by molar-refractivity contribution is 14.1. The summed E-state index contributed by atoms with van der Waals surface area (Å²) in [4.78, 5) is 15.2. The molecule has 1 aliphatic rings. The van der Waals surface area contributed by atoms with Crippen LogP contribution >= 0.6 is 46.4 Å². The van der Waals surface area contributed by atoms with E-state index in [0.29, 0.717) is 5.56 Å². The molecule has 1 aliphatic heterocycles. The Balaban J connectivity index is 1.68. The number of nitrogens with one attached hydrogen (secondary N) is 1. The van der Waals surface area contributed by atoms with Gasteiger partial charge in [0, 0.05) is 29.7 Å². The average Bonchev–Trinajstić information content (AvgIpc) is 2.71. The molecule has 2 aromatic carbocycles. The molecule has 29 heavy (non-hydrogen) atoms. The van der Waals surface area contributed by atoms with E-state index in [4.69, 9.17) is 23.8 Å². The van der Waals surface area contributed by atoms with Crippen molar-refractivity contribution in [3.63, 3.8) is 0 Å². The maximum absolute atomic E-state index is 14.1. The van der Waals surface area contributed by atoms with E-state index in [2.05, 4.69) is 5.32 Å². The number of anilines is 1. The molecule has 0 bridgehead atoms. The fourth-order valence-electron chi connectivity index (χ4n) is 2.89. The summed E-state index contributed by atoms with van der Waals surface area (Å²) in [7, 11) is 0. The minimum Gasteiger partial charge on any atom is -0.363 e. The van der Waals surface area contributed by atoms with Gasteiger partial charge in [0.05, 0.1) is 5.56 Å². The van der Waals surface area contributed by atoms with Crippen molar-refractivity contribution in [1.29, 1.82) is 0 Å². The number of hydrogen-bond donors (Lipinski definition) is 1. The largest absolute Gasteiger partial charge is 0.363 e. The maximum atomic E-state index is 14.1. The quantitative estimate of drug-likeness (QED) is 0.196. The lowest BCUT2D eigenvalue weighted by Crippen LogP contribution is -2.53. The summed E-state index contributed by atoms with van der Waals surface area (Å²) < 4.78 is 56.4. The Bertz CT molecular complexity index is 957. The highest BCUT2D eigenvalue weighted by Gasteiger charge is 2.30. The fraction of sp³-hybridized carbons (Fsp3) is 0.222. The summed E-state index contributed by atoms with van der Waals surface area (Å²) >= 11 is 12.5. The van der Waals surface area contributed by atoms with Crippen LogP contribution < -0.4 is 10.2 Å². The molecule has 0 aliphatic carbocycles. The van der Waals surface area contributed by atoms with Gasteiger partial charge in [-0.05, 0) is 46.9 Å². The summed E-state index contributed by atoms with van der Waals surface area (Å²) in [6.07, 6.45) is 0. The minimum atomic E-state index is -1.64. The summed E-state index contributed by atoms with van der Waals surface area (Å²) in [5.41, 5.74) is -0.344. The van der Waals surface area contributed by atoms with Gasteiger partial charge in [-0.15, -0.1) is 0 Å². The first-order chi connectivity index (χ1) is 13.7. The first-order valence-electron chi connectivity index (χ1n) is 8.33. The minimum absolute atomic E-state index is 0.0350. The number of nitrogens with zero attached hydrogens (tertiary/aromatic N) is 2. The van der Waals surface area contributed by atoms with Crippen molar-refractivity contribution < 1.29 is 22.4 Å². The lowest BCUT2D eigenvalue weighted by atomic mass is 10.2. The predicted octanol–water partition coefficient (Wildman–Crippen LogP) is 4.34. The van der Waals surface area contributed by atoms with Gasteiger partial charge in [0.15, 0.2) is 28.4 Å². The Kier molecular flexibility index (Phi) is 6.84. The van der Waals surface area contributed by atoms with E-state index in [0.717, 1.165) is 3.57 Å². The molecule has 0 radical (unpaired) electrons. The van der Waals surface area contributed by atoms with Crippen LogP contribution in [0.4, 0.5) is 23.2 Å². The van der Waals surface area contributed by atoms with Gasteiger partial charge in [-0.25, -0.2) is 17.6 Å². The predicted molar refractivity (Wildman–Crippen MR) is 114 cm³/mol. The van der Waals surface area contributed by atoms with Crippen molar-refractivity contribution in [3.05, 3.63) is 61.7 Å². The molecule has 11 heteroatoms. The third kappa shape index (κ3) is 4.43. The monoisotopic (exact) mass is 557 g/mol. The van der Waals surface area contributed by atoms with Crippen molar-refractivity contribution in [2.75, 3.05) is 31.1 Å². The first-order valence-corrected chi connectivity index (χ1v) is 10.2. The second-order valence-electron chi connectivity index (χ2n) is 6.13. The summed E-state index contributed by atoms with van der Waals surface area (Å²) in [6, 6.07) is 6.97. The molecular weight excluding hydrogens is 545 g/mol. The Labute approximate surface area is 187 Å². The van der Waals surface area contributed by atoms with Gasteiger partial charge in [-0.3, -0.25) is 10.1 Å². The zero-order chi connectivity index (χ0) is 21.3. The van der Waals surface area contributed by atoms with Gasteiger partial charge in [-0.1, -0.05) is 23.7 Å². The van der Waals surface area contributed by atoms with Crippen molar-refractivity contribution in [3.8, 4) is 0 Å². The van der Waals surface area contributed by atoms with Crippen molar-refractivity contribution in [2.45, 2.75) is 0 Å². The van der Waals surface area contributed by atoms with E-state index in [-0.39, 0.29) is 37.2 Å². The Morgan fingerprint density at radius 1 is 1.00 bits per heavy atom. The van der Waals surface area contributed by atoms with Crippen LogP contribution in [-0.4, -0.2) is 42.1 Å². The zero-order valence-electron chi connectivity index (χ0n) is 14.6. The zero-order valence-corrected chi connectivity index (χ0v) is 18.3. The topological polar surface area (TPSA) is 35.6 Å². The van der Waals surface area contributed by atoms with Crippen LogP contribution in [0.1, 0.15) is 10.4 Å². The molecule has 4 nitrogen and oxygen atoms in total. The summed E-state index contributed by atoms with van der Waals surface area (Å²) in [5, 5.41) is 1.56. The molecule has 1 fully saturated rings. The van der Waals surface area contributed by atoms with Crippen LogP contribution in [0.15, 0.2) is 24.3 Å². The molecule has 0 saturated carbocycles. The van der Waals surface area contributed by atoms with E-state index in [1.165, 1.54) is 4.90 Å². The molecular formula is C18H13ClF4IN3OS. The molecule has 0 unspecified atom stereocenters. The second-order valence-corrected chi connectivity index (χ2v) is 8.06. The molecule has 1 heterocycles. The molecule has 0 aromatic heterocycles.